The normalized spacial score (nSPS) is 25.4. The fourth-order valence-electron chi connectivity index (χ4n) is 3.02. The number of nitrogens with zero attached hydrogens (tertiary/aromatic N) is 1. The van der Waals surface area contributed by atoms with E-state index in [1.54, 1.807) is 0 Å². The number of hydrogen-bond donors (Lipinski definition) is 1. The van der Waals surface area contributed by atoms with E-state index in [1.807, 2.05) is 11.3 Å². The molecule has 0 saturated heterocycles. The van der Waals surface area contributed by atoms with Crippen LogP contribution in [-0.2, 0) is 6.54 Å². The van der Waals surface area contributed by atoms with Crippen molar-refractivity contribution in [1.82, 2.24) is 4.98 Å². The molecule has 1 aromatic rings. The summed E-state index contributed by atoms with van der Waals surface area (Å²) in [5.74, 6) is 1.57. The molecule has 0 aromatic carbocycles. The van der Waals surface area contributed by atoms with E-state index in [-0.39, 0.29) is 0 Å². The Morgan fingerprint density at radius 1 is 1.22 bits per heavy atom. The van der Waals surface area contributed by atoms with Crippen molar-refractivity contribution in [2.24, 2.45) is 17.1 Å². The van der Waals surface area contributed by atoms with Gasteiger partial charge in [-0.15, -0.1) is 11.3 Å². The smallest absolute Gasteiger partial charge is 0.0962 e. The SMILES string of the molecule is Cc1nc(C2CCC(C(C)(C)C)CC2)sc1CN. The topological polar surface area (TPSA) is 38.9 Å². The Morgan fingerprint density at radius 3 is 2.28 bits per heavy atom. The average molecular weight is 266 g/mol. The molecular formula is C15H26N2S. The van der Waals surface area contributed by atoms with E-state index in [0.717, 1.165) is 11.6 Å². The predicted molar refractivity (Wildman–Crippen MR) is 78.9 cm³/mol. The minimum Gasteiger partial charge on any atom is -0.326 e. The first-order chi connectivity index (χ1) is 8.41. The maximum absolute atomic E-state index is 5.74. The Hall–Kier alpha value is -0.410. The van der Waals surface area contributed by atoms with Crippen LogP contribution in [0.5, 0.6) is 0 Å². The summed E-state index contributed by atoms with van der Waals surface area (Å²) in [7, 11) is 0. The molecule has 2 rings (SSSR count). The Labute approximate surface area is 115 Å². The second-order valence-corrected chi connectivity index (χ2v) is 7.79. The third-order valence-corrected chi connectivity index (χ3v) is 5.74. The van der Waals surface area contributed by atoms with Crippen molar-refractivity contribution in [3.8, 4) is 0 Å². The highest BCUT2D eigenvalue weighted by Crippen LogP contribution is 2.44. The monoisotopic (exact) mass is 266 g/mol. The van der Waals surface area contributed by atoms with Gasteiger partial charge in [0.05, 0.1) is 10.7 Å². The van der Waals surface area contributed by atoms with Gasteiger partial charge in [0.15, 0.2) is 0 Å². The highest BCUT2D eigenvalue weighted by atomic mass is 32.1. The first kappa shape index (κ1) is 14.0. The third-order valence-electron chi connectivity index (χ3n) is 4.40. The number of rotatable bonds is 2. The van der Waals surface area contributed by atoms with Crippen molar-refractivity contribution in [1.29, 1.82) is 0 Å². The van der Waals surface area contributed by atoms with E-state index in [9.17, 15) is 0 Å². The quantitative estimate of drug-likeness (QED) is 0.870. The van der Waals surface area contributed by atoms with Crippen LogP contribution in [0, 0.1) is 18.3 Å². The predicted octanol–water partition coefficient (Wildman–Crippen LogP) is 4.23. The summed E-state index contributed by atoms with van der Waals surface area (Å²) < 4.78 is 0. The third kappa shape index (κ3) is 2.94. The van der Waals surface area contributed by atoms with Crippen molar-refractivity contribution in [2.45, 2.75) is 65.8 Å². The van der Waals surface area contributed by atoms with Crippen LogP contribution in [0.1, 0.15) is 68.0 Å². The molecule has 1 heterocycles. The maximum Gasteiger partial charge on any atom is 0.0962 e. The lowest BCUT2D eigenvalue weighted by Crippen LogP contribution is -2.25. The first-order valence-corrected chi connectivity index (χ1v) is 7.89. The fraction of sp³-hybridized carbons (Fsp3) is 0.800. The van der Waals surface area contributed by atoms with E-state index in [0.29, 0.717) is 17.9 Å². The Kier molecular flexibility index (Phi) is 4.12. The molecule has 0 spiro atoms. The van der Waals surface area contributed by atoms with Crippen LogP contribution in [0.4, 0.5) is 0 Å². The van der Waals surface area contributed by atoms with Gasteiger partial charge >= 0.3 is 0 Å². The molecule has 1 aliphatic rings. The molecule has 1 saturated carbocycles. The van der Waals surface area contributed by atoms with Gasteiger partial charge in [-0.1, -0.05) is 20.8 Å². The molecule has 102 valence electrons. The van der Waals surface area contributed by atoms with E-state index in [4.69, 9.17) is 10.7 Å². The number of nitrogens with two attached hydrogens (primary N) is 1. The molecule has 1 aromatic heterocycles. The highest BCUT2D eigenvalue weighted by molar-refractivity contribution is 7.11. The maximum atomic E-state index is 5.74. The van der Waals surface area contributed by atoms with Crippen molar-refractivity contribution in [3.05, 3.63) is 15.6 Å². The zero-order valence-electron chi connectivity index (χ0n) is 12.1. The van der Waals surface area contributed by atoms with E-state index in [2.05, 4.69) is 27.7 Å². The van der Waals surface area contributed by atoms with Crippen LogP contribution < -0.4 is 5.73 Å². The number of aryl methyl sites for hydroxylation is 1. The highest BCUT2D eigenvalue weighted by Gasteiger charge is 2.31. The molecule has 0 aliphatic heterocycles. The minimum absolute atomic E-state index is 0.464. The summed E-state index contributed by atoms with van der Waals surface area (Å²) in [5, 5.41) is 1.33. The zero-order valence-corrected chi connectivity index (χ0v) is 12.9. The second-order valence-electron chi connectivity index (χ2n) is 6.68. The Bertz CT molecular complexity index is 395. The summed E-state index contributed by atoms with van der Waals surface area (Å²) >= 11 is 1.84. The molecule has 18 heavy (non-hydrogen) atoms. The molecule has 0 unspecified atom stereocenters. The molecule has 0 atom stereocenters. The van der Waals surface area contributed by atoms with Gasteiger partial charge in [0, 0.05) is 17.3 Å². The van der Waals surface area contributed by atoms with Crippen LogP contribution in [0.2, 0.25) is 0 Å². The molecule has 0 radical (unpaired) electrons. The van der Waals surface area contributed by atoms with Crippen LogP contribution in [0.15, 0.2) is 0 Å². The lowest BCUT2D eigenvalue weighted by Gasteiger charge is -2.36. The lowest BCUT2D eigenvalue weighted by molar-refractivity contribution is 0.169. The Morgan fingerprint density at radius 2 is 1.83 bits per heavy atom. The largest absolute Gasteiger partial charge is 0.326 e. The minimum atomic E-state index is 0.464. The lowest BCUT2D eigenvalue weighted by atomic mass is 9.70. The number of aromatic nitrogens is 1. The first-order valence-electron chi connectivity index (χ1n) is 7.08. The summed E-state index contributed by atoms with van der Waals surface area (Å²) in [6.45, 7) is 9.85. The summed E-state index contributed by atoms with van der Waals surface area (Å²) in [5.41, 5.74) is 7.36. The van der Waals surface area contributed by atoms with Gasteiger partial charge in [-0.05, 0) is 43.9 Å². The number of thiazole rings is 1. The van der Waals surface area contributed by atoms with Crippen LogP contribution in [0.3, 0.4) is 0 Å². The second kappa shape index (κ2) is 5.30. The number of hydrogen-bond acceptors (Lipinski definition) is 3. The average Bonchev–Trinajstić information content (AvgIpc) is 2.69. The zero-order chi connectivity index (χ0) is 13.3. The van der Waals surface area contributed by atoms with Gasteiger partial charge in [0.25, 0.3) is 0 Å². The molecule has 2 nitrogen and oxygen atoms in total. The van der Waals surface area contributed by atoms with Gasteiger partial charge in [0.1, 0.15) is 0 Å². The van der Waals surface area contributed by atoms with Crippen molar-refractivity contribution in [2.75, 3.05) is 0 Å². The summed E-state index contributed by atoms with van der Waals surface area (Å²) in [6, 6.07) is 0. The van der Waals surface area contributed by atoms with Gasteiger partial charge < -0.3 is 5.73 Å². The summed E-state index contributed by atoms with van der Waals surface area (Å²) in [6.07, 6.45) is 5.31. The molecule has 0 amide bonds. The molecule has 1 fully saturated rings. The van der Waals surface area contributed by atoms with Gasteiger partial charge in [-0.25, -0.2) is 4.98 Å². The van der Waals surface area contributed by atoms with Gasteiger partial charge in [-0.3, -0.25) is 0 Å². The molecule has 1 aliphatic carbocycles. The molecular weight excluding hydrogens is 240 g/mol. The van der Waals surface area contributed by atoms with Crippen LogP contribution in [0.25, 0.3) is 0 Å². The fourth-order valence-corrected chi connectivity index (χ4v) is 4.14. The van der Waals surface area contributed by atoms with Crippen LogP contribution >= 0.6 is 11.3 Å². The van der Waals surface area contributed by atoms with Crippen molar-refractivity contribution in [3.63, 3.8) is 0 Å². The van der Waals surface area contributed by atoms with Crippen molar-refractivity contribution < 1.29 is 0 Å². The van der Waals surface area contributed by atoms with Crippen LogP contribution in [-0.4, -0.2) is 4.98 Å². The van der Waals surface area contributed by atoms with Crippen molar-refractivity contribution >= 4 is 11.3 Å². The Balaban J connectivity index is 2.01. The standard InChI is InChI=1S/C15H26N2S/c1-10-13(9-16)18-14(17-10)11-5-7-12(8-6-11)15(2,3)4/h11-12H,5-9,16H2,1-4H3. The van der Waals surface area contributed by atoms with Gasteiger partial charge in [0.2, 0.25) is 0 Å². The molecule has 0 bridgehead atoms. The van der Waals surface area contributed by atoms with Gasteiger partial charge in [-0.2, -0.15) is 0 Å². The summed E-state index contributed by atoms with van der Waals surface area (Å²) in [4.78, 5) is 6.00. The van der Waals surface area contributed by atoms with E-state index >= 15 is 0 Å². The molecule has 2 N–H and O–H groups in total. The molecule has 3 heteroatoms. The van der Waals surface area contributed by atoms with E-state index in [1.165, 1.54) is 35.6 Å². The van der Waals surface area contributed by atoms with E-state index < -0.39 is 0 Å².